The Labute approximate surface area is 381 Å². The lowest BCUT2D eigenvalue weighted by atomic mass is 9.86. The molecular weight excluding hydrogens is 793 g/mol. The maximum Gasteiger partial charge on any atom is 0.137 e. The molecule has 0 atom stereocenters. The monoisotopic (exact) mass is 842 g/mol. The summed E-state index contributed by atoms with van der Waals surface area (Å²) < 4.78 is 9.13. The number of ether oxygens (including phenoxy) is 1. The summed E-state index contributed by atoms with van der Waals surface area (Å²) >= 11 is 0. The lowest BCUT2D eigenvalue weighted by Gasteiger charge is -2.27. The fourth-order valence-corrected chi connectivity index (χ4v) is 9.49. The third kappa shape index (κ3) is 7.29. The van der Waals surface area contributed by atoms with Crippen LogP contribution in [0.2, 0.25) is 0 Å². The Morgan fingerprint density at radius 3 is 1.80 bits per heavy atom. The van der Waals surface area contributed by atoms with Gasteiger partial charge in [-0.2, -0.15) is 0 Å². The Balaban J connectivity index is 0.975. The molecule has 5 nitrogen and oxygen atoms in total. The molecule has 5 heteroatoms. The number of benzene rings is 8. The van der Waals surface area contributed by atoms with Crippen LogP contribution in [-0.4, -0.2) is 16.2 Å². The van der Waals surface area contributed by atoms with E-state index in [2.05, 4.69) is 237 Å². The second-order valence-electron chi connectivity index (χ2n) is 18.2. The van der Waals surface area contributed by atoms with Gasteiger partial charge in [-0.1, -0.05) is 154 Å². The normalized spacial score (nSPS) is 12.6. The number of anilines is 4. The smallest absolute Gasteiger partial charge is 0.137 e. The Morgan fingerprint density at radius 1 is 0.492 bits per heavy atom. The Kier molecular flexibility index (Phi) is 9.84. The topological polar surface area (TPSA) is 33.5 Å². The molecular formula is C60H50N4O. The summed E-state index contributed by atoms with van der Waals surface area (Å²) in [7, 11) is 0. The highest BCUT2D eigenvalue weighted by molar-refractivity contribution is 6.10. The number of rotatable bonds is 8. The number of aromatic nitrogens is 2. The lowest BCUT2D eigenvalue weighted by molar-refractivity contribution is 0.483. The Hall–Kier alpha value is -7.89. The van der Waals surface area contributed by atoms with Gasteiger partial charge in [0.05, 0.1) is 28.1 Å². The summed E-state index contributed by atoms with van der Waals surface area (Å²) in [6.45, 7) is 11.7. The molecule has 0 saturated heterocycles. The molecule has 0 amide bonds. The number of pyridine rings is 1. The second kappa shape index (κ2) is 16.0. The van der Waals surface area contributed by atoms with Crippen LogP contribution in [0.15, 0.2) is 200 Å². The molecule has 0 aliphatic carbocycles. The third-order valence-corrected chi connectivity index (χ3v) is 12.9. The SMILES string of the molecule is Cc1ccc(-c2cnc(-n3c4ccc(C(C)(C)C)cc4c4ccc(Oc5cccc(N6CN(c7c(-c8ccccc8)cccc7-c7ccccc7)c7ccccc76)c5)cc43)cc2C)cc1. The van der Waals surface area contributed by atoms with E-state index in [1.165, 1.54) is 55.6 Å². The molecule has 0 fully saturated rings. The summed E-state index contributed by atoms with van der Waals surface area (Å²) in [5.41, 5.74) is 17.4. The van der Waals surface area contributed by atoms with Crippen LogP contribution >= 0.6 is 0 Å². The van der Waals surface area contributed by atoms with Crippen LogP contribution in [0.1, 0.15) is 37.5 Å². The highest BCUT2D eigenvalue weighted by Crippen LogP contribution is 2.50. The van der Waals surface area contributed by atoms with Crippen LogP contribution < -0.4 is 14.5 Å². The van der Waals surface area contributed by atoms with Crippen LogP contribution in [-0.2, 0) is 5.41 Å². The van der Waals surface area contributed by atoms with Gasteiger partial charge >= 0.3 is 0 Å². The first-order chi connectivity index (χ1) is 31.7. The maximum absolute atomic E-state index is 6.84. The van der Waals surface area contributed by atoms with Crippen LogP contribution in [0, 0.1) is 13.8 Å². The predicted molar refractivity (Wildman–Crippen MR) is 272 cm³/mol. The number of nitrogens with zero attached hydrogens (tertiary/aromatic N) is 4. The molecule has 11 rings (SSSR count). The van der Waals surface area contributed by atoms with Gasteiger partial charge in [0.1, 0.15) is 24.0 Å². The molecule has 0 bridgehead atoms. The first kappa shape index (κ1) is 39.9. The first-order valence-electron chi connectivity index (χ1n) is 22.5. The van der Waals surface area contributed by atoms with Crippen LogP contribution in [0.3, 0.4) is 0 Å². The van der Waals surface area contributed by atoms with Crippen molar-refractivity contribution in [3.8, 4) is 50.7 Å². The minimum Gasteiger partial charge on any atom is -0.457 e. The van der Waals surface area contributed by atoms with Crippen molar-refractivity contribution in [2.75, 3.05) is 16.5 Å². The van der Waals surface area contributed by atoms with Crippen molar-refractivity contribution in [1.29, 1.82) is 0 Å². The average Bonchev–Trinajstić information content (AvgIpc) is 3.87. The van der Waals surface area contributed by atoms with E-state index in [0.717, 1.165) is 56.4 Å². The quantitative estimate of drug-likeness (QED) is 0.153. The summed E-state index contributed by atoms with van der Waals surface area (Å²) in [5.74, 6) is 2.40. The molecule has 10 aromatic rings. The zero-order chi connectivity index (χ0) is 44.2. The fourth-order valence-electron chi connectivity index (χ4n) is 9.49. The van der Waals surface area contributed by atoms with Gasteiger partial charge in [0.2, 0.25) is 0 Å². The van der Waals surface area contributed by atoms with Crippen molar-refractivity contribution in [1.82, 2.24) is 9.55 Å². The average molecular weight is 843 g/mol. The summed E-state index contributed by atoms with van der Waals surface area (Å²) in [4.78, 5) is 9.98. The number of fused-ring (bicyclic) bond motifs is 4. The number of hydrogen-bond donors (Lipinski definition) is 0. The van der Waals surface area contributed by atoms with E-state index in [4.69, 9.17) is 9.72 Å². The second-order valence-corrected chi connectivity index (χ2v) is 18.2. The molecule has 0 saturated carbocycles. The van der Waals surface area contributed by atoms with E-state index in [1.54, 1.807) is 0 Å². The fraction of sp³-hybridized carbons (Fsp3) is 0.117. The first-order valence-corrected chi connectivity index (χ1v) is 22.5. The molecule has 8 aromatic carbocycles. The number of para-hydroxylation sites is 3. The van der Waals surface area contributed by atoms with Crippen molar-refractivity contribution in [2.45, 2.75) is 40.0 Å². The van der Waals surface area contributed by atoms with E-state index in [-0.39, 0.29) is 5.41 Å². The van der Waals surface area contributed by atoms with Crippen LogP contribution in [0.4, 0.5) is 22.7 Å². The van der Waals surface area contributed by atoms with Crippen LogP contribution in [0.5, 0.6) is 11.5 Å². The molecule has 316 valence electrons. The van der Waals surface area contributed by atoms with Gasteiger partial charge in [-0.15, -0.1) is 0 Å². The molecule has 0 N–H and O–H groups in total. The molecule has 1 aliphatic rings. The molecule has 0 unspecified atom stereocenters. The molecule has 1 aliphatic heterocycles. The maximum atomic E-state index is 6.84. The summed E-state index contributed by atoms with van der Waals surface area (Å²) in [5, 5.41) is 2.36. The van der Waals surface area contributed by atoms with Crippen molar-refractivity contribution >= 4 is 44.6 Å². The van der Waals surface area contributed by atoms with Gasteiger partial charge in [0, 0.05) is 51.5 Å². The number of hydrogen-bond acceptors (Lipinski definition) is 4. The minimum absolute atomic E-state index is 0.00353. The van der Waals surface area contributed by atoms with Crippen molar-refractivity contribution < 1.29 is 4.74 Å². The van der Waals surface area contributed by atoms with Crippen molar-refractivity contribution in [2.24, 2.45) is 0 Å². The van der Waals surface area contributed by atoms with Gasteiger partial charge in [-0.3, -0.25) is 4.57 Å². The van der Waals surface area contributed by atoms with Gasteiger partial charge in [0.25, 0.3) is 0 Å². The molecule has 2 aromatic heterocycles. The van der Waals surface area contributed by atoms with Gasteiger partial charge in [-0.05, 0) is 102 Å². The van der Waals surface area contributed by atoms with E-state index >= 15 is 0 Å². The zero-order valence-corrected chi connectivity index (χ0v) is 37.5. The summed E-state index contributed by atoms with van der Waals surface area (Å²) in [6, 6.07) is 69.5. The van der Waals surface area contributed by atoms with Gasteiger partial charge in [-0.25, -0.2) is 4.98 Å². The van der Waals surface area contributed by atoms with E-state index < -0.39 is 0 Å². The van der Waals surface area contributed by atoms with Crippen LogP contribution in [0.25, 0.3) is 61.0 Å². The van der Waals surface area contributed by atoms with Gasteiger partial charge < -0.3 is 14.5 Å². The third-order valence-electron chi connectivity index (χ3n) is 12.9. The molecule has 0 spiro atoms. The molecule has 0 radical (unpaired) electrons. The standard InChI is InChI=1S/C60H50N4O/c1-40-26-28-44(29-27-40)53-38-61-58(34-41(53)2)64-54-33-30-45(60(3,4)5)35-52(54)51-32-31-48(37-57(51)64)65-47-21-14-20-46(36-47)62-39-63(56-25-13-12-24-55(56)62)59-49(42-16-8-6-9-17-42)22-15-23-50(59)43-18-10-7-11-19-43/h6-38H,39H2,1-5H3. The van der Waals surface area contributed by atoms with E-state index in [9.17, 15) is 0 Å². The molecule has 3 heterocycles. The van der Waals surface area contributed by atoms with E-state index in [1.807, 2.05) is 12.3 Å². The van der Waals surface area contributed by atoms with Crippen molar-refractivity contribution in [3.63, 3.8) is 0 Å². The Morgan fingerprint density at radius 2 is 1.12 bits per heavy atom. The number of aryl methyl sites for hydroxylation is 2. The molecule has 65 heavy (non-hydrogen) atoms. The zero-order valence-electron chi connectivity index (χ0n) is 37.5. The predicted octanol–water partition coefficient (Wildman–Crippen LogP) is 16.1. The minimum atomic E-state index is 0.00353. The van der Waals surface area contributed by atoms with Crippen molar-refractivity contribution in [3.05, 3.63) is 217 Å². The largest absolute Gasteiger partial charge is 0.457 e. The highest BCUT2D eigenvalue weighted by Gasteiger charge is 2.31. The lowest BCUT2D eigenvalue weighted by Crippen LogP contribution is -2.24. The highest BCUT2D eigenvalue weighted by atomic mass is 16.5. The Bertz CT molecular complexity index is 3320. The van der Waals surface area contributed by atoms with Gasteiger partial charge in [0.15, 0.2) is 0 Å². The van der Waals surface area contributed by atoms with E-state index in [0.29, 0.717) is 6.67 Å². The summed E-state index contributed by atoms with van der Waals surface area (Å²) in [6.07, 6.45) is 2.02.